The molecule has 1 amide bonds. The molecule has 0 aliphatic heterocycles. The Bertz CT molecular complexity index is 1280. The number of carbonyl (C=O) groups is 1. The van der Waals surface area contributed by atoms with Gasteiger partial charge < -0.3 is 10.1 Å². The lowest BCUT2D eigenvalue weighted by Gasteiger charge is -2.30. The normalized spacial score (nSPS) is 12.3. The summed E-state index contributed by atoms with van der Waals surface area (Å²) in [4.78, 5) is 16.6. The van der Waals surface area contributed by atoms with Crippen molar-refractivity contribution < 1.29 is 17.9 Å². The molecule has 0 bridgehead atoms. The molecule has 0 spiro atoms. The molecule has 0 atom stereocenters. The number of nitrogens with zero attached hydrogens (tertiary/aromatic N) is 1. The summed E-state index contributed by atoms with van der Waals surface area (Å²) < 4.78 is 33.4. The summed E-state index contributed by atoms with van der Waals surface area (Å²) in [6.07, 6.45) is 3.47. The molecule has 1 aromatic heterocycles. The molecule has 0 radical (unpaired) electrons. The SMILES string of the molecule is CCC(C)(C)c1ccc(OCC(=O)Nc2ccc(S(=O)(=O)Nc3nccs3)cc2)c(C(C)(C)CC)c1. The van der Waals surface area contributed by atoms with Crippen LogP contribution in [0.5, 0.6) is 5.75 Å². The predicted octanol–water partition coefficient (Wildman–Crippen LogP) is 6.34. The van der Waals surface area contributed by atoms with Gasteiger partial charge in [-0.3, -0.25) is 9.52 Å². The Hall–Kier alpha value is -2.91. The van der Waals surface area contributed by atoms with E-state index in [0.29, 0.717) is 16.6 Å². The lowest BCUT2D eigenvalue weighted by atomic mass is 9.76. The van der Waals surface area contributed by atoms with Crippen LogP contribution < -0.4 is 14.8 Å². The molecule has 0 aliphatic carbocycles. The Morgan fingerprint density at radius 1 is 1.00 bits per heavy atom. The zero-order chi connectivity index (χ0) is 26.6. The Kier molecular flexibility index (Phi) is 8.46. The van der Waals surface area contributed by atoms with E-state index in [4.69, 9.17) is 4.74 Å². The standard InChI is InChI=1S/C27H35N3O4S2/c1-7-26(3,4)19-9-14-23(22(17-19)27(5,6)8-2)34-18-24(31)29-20-10-12-21(13-11-20)36(32,33)30-25-28-15-16-35-25/h9-17H,7-8,18H2,1-6H3,(H,28,30)(H,29,31). The van der Waals surface area contributed by atoms with Crippen LogP contribution in [-0.2, 0) is 25.6 Å². The van der Waals surface area contributed by atoms with Gasteiger partial charge in [0.15, 0.2) is 11.7 Å². The number of rotatable bonds is 11. The quantitative estimate of drug-likeness (QED) is 0.302. The van der Waals surface area contributed by atoms with E-state index in [1.807, 2.05) is 6.07 Å². The van der Waals surface area contributed by atoms with Crippen LogP contribution >= 0.6 is 11.3 Å². The van der Waals surface area contributed by atoms with E-state index < -0.39 is 10.0 Å². The van der Waals surface area contributed by atoms with Crippen molar-refractivity contribution in [1.82, 2.24) is 4.98 Å². The molecule has 0 saturated carbocycles. The van der Waals surface area contributed by atoms with E-state index in [9.17, 15) is 13.2 Å². The summed E-state index contributed by atoms with van der Waals surface area (Å²) in [7, 11) is -3.75. The van der Waals surface area contributed by atoms with Gasteiger partial charge in [-0.05, 0) is 59.6 Å². The van der Waals surface area contributed by atoms with E-state index in [-0.39, 0.29) is 28.2 Å². The fraction of sp³-hybridized carbons (Fsp3) is 0.407. The molecule has 194 valence electrons. The van der Waals surface area contributed by atoms with Gasteiger partial charge in [-0.2, -0.15) is 0 Å². The Morgan fingerprint density at radius 2 is 1.67 bits per heavy atom. The molecule has 0 saturated heterocycles. The van der Waals surface area contributed by atoms with Crippen LogP contribution in [0.2, 0.25) is 0 Å². The maximum Gasteiger partial charge on any atom is 0.263 e. The second-order valence-corrected chi connectivity index (χ2v) is 12.6. The van der Waals surface area contributed by atoms with Gasteiger partial charge >= 0.3 is 0 Å². The average Bonchev–Trinajstić information content (AvgIpc) is 3.35. The number of aromatic nitrogens is 1. The summed E-state index contributed by atoms with van der Waals surface area (Å²) in [5.41, 5.74) is 2.74. The number of ether oxygens (including phenoxy) is 1. The molecular formula is C27H35N3O4S2. The molecular weight excluding hydrogens is 494 g/mol. The van der Waals surface area contributed by atoms with Gasteiger partial charge in [0.05, 0.1) is 4.90 Å². The molecule has 0 fully saturated rings. The van der Waals surface area contributed by atoms with Crippen LogP contribution in [0.25, 0.3) is 0 Å². The highest BCUT2D eigenvalue weighted by Crippen LogP contribution is 2.38. The molecule has 0 unspecified atom stereocenters. The zero-order valence-electron chi connectivity index (χ0n) is 21.7. The largest absolute Gasteiger partial charge is 0.483 e. The fourth-order valence-corrected chi connectivity index (χ4v) is 5.29. The molecule has 2 aromatic carbocycles. The zero-order valence-corrected chi connectivity index (χ0v) is 23.3. The summed E-state index contributed by atoms with van der Waals surface area (Å²) in [5, 5.41) is 4.74. The number of anilines is 2. The third-order valence-corrected chi connectivity index (χ3v) is 8.89. The van der Waals surface area contributed by atoms with E-state index in [1.54, 1.807) is 17.5 Å². The van der Waals surface area contributed by atoms with Gasteiger partial charge in [0.2, 0.25) is 0 Å². The minimum Gasteiger partial charge on any atom is -0.483 e. The third kappa shape index (κ3) is 6.64. The second kappa shape index (κ2) is 11.0. The van der Waals surface area contributed by atoms with Gasteiger partial charge in [-0.15, -0.1) is 11.3 Å². The summed E-state index contributed by atoms with van der Waals surface area (Å²) in [6, 6.07) is 12.2. The molecule has 9 heteroatoms. The van der Waals surface area contributed by atoms with Crippen LogP contribution in [0, 0.1) is 0 Å². The van der Waals surface area contributed by atoms with Crippen LogP contribution in [0.3, 0.4) is 0 Å². The number of sulfonamides is 1. The molecule has 1 heterocycles. The highest BCUT2D eigenvalue weighted by Gasteiger charge is 2.27. The van der Waals surface area contributed by atoms with E-state index >= 15 is 0 Å². The Labute approximate surface area is 218 Å². The fourth-order valence-electron chi connectivity index (χ4n) is 3.51. The van der Waals surface area contributed by atoms with E-state index in [0.717, 1.165) is 18.4 Å². The van der Waals surface area contributed by atoms with Crippen molar-refractivity contribution in [3.8, 4) is 5.75 Å². The van der Waals surface area contributed by atoms with Crippen molar-refractivity contribution in [2.75, 3.05) is 16.6 Å². The molecule has 0 aliphatic rings. The van der Waals surface area contributed by atoms with Crippen molar-refractivity contribution in [3.05, 3.63) is 65.2 Å². The van der Waals surface area contributed by atoms with E-state index in [2.05, 4.69) is 68.7 Å². The van der Waals surface area contributed by atoms with Gasteiger partial charge in [0.1, 0.15) is 5.75 Å². The number of hydrogen-bond acceptors (Lipinski definition) is 6. The number of carbonyl (C=O) groups excluding carboxylic acids is 1. The molecule has 7 nitrogen and oxygen atoms in total. The lowest BCUT2D eigenvalue weighted by molar-refractivity contribution is -0.118. The van der Waals surface area contributed by atoms with Crippen molar-refractivity contribution in [1.29, 1.82) is 0 Å². The van der Waals surface area contributed by atoms with E-state index in [1.165, 1.54) is 35.2 Å². The molecule has 3 rings (SSSR count). The van der Waals surface area contributed by atoms with Gasteiger partial charge in [-0.25, -0.2) is 13.4 Å². The first-order valence-electron chi connectivity index (χ1n) is 12.0. The van der Waals surface area contributed by atoms with Crippen LogP contribution in [0.1, 0.15) is 65.5 Å². The average molecular weight is 530 g/mol. The topological polar surface area (TPSA) is 97.4 Å². The van der Waals surface area contributed by atoms with Crippen LogP contribution in [-0.4, -0.2) is 25.9 Å². The summed E-state index contributed by atoms with van der Waals surface area (Å²) in [6.45, 7) is 13.0. The molecule has 2 N–H and O–H groups in total. The van der Waals surface area contributed by atoms with Crippen LogP contribution in [0.15, 0.2) is 58.9 Å². The number of benzene rings is 2. The monoisotopic (exact) mass is 529 g/mol. The number of hydrogen-bond donors (Lipinski definition) is 2. The Balaban J connectivity index is 1.68. The first kappa shape index (κ1) is 27.7. The highest BCUT2D eigenvalue weighted by molar-refractivity contribution is 7.93. The maximum atomic E-state index is 12.6. The first-order chi connectivity index (χ1) is 16.9. The van der Waals surface area contributed by atoms with Crippen molar-refractivity contribution in [2.24, 2.45) is 0 Å². The Morgan fingerprint density at radius 3 is 2.25 bits per heavy atom. The number of nitrogens with one attached hydrogen (secondary N) is 2. The smallest absolute Gasteiger partial charge is 0.263 e. The van der Waals surface area contributed by atoms with Crippen LogP contribution in [0.4, 0.5) is 10.8 Å². The van der Waals surface area contributed by atoms with Gasteiger partial charge in [-0.1, -0.05) is 53.7 Å². The lowest BCUT2D eigenvalue weighted by Crippen LogP contribution is -2.24. The van der Waals surface area contributed by atoms with Crippen molar-refractivity contribution in [3.63, 3.8) is 0 Å². The summed E-state index contributed by atoms with van der Waals surface area (Å²) >= 11 is 1.19. The highest BCUT2D eigenvalue weighted by atomic mass is 32.2. The first-order valence-corrected chi connectivity index (χ1v) is 14.3. The minimum atomic E-state index is -3.75. The number of amides is 1. The third-order valence-electron chi connectivity index (χ3n) is 6.72. The molecule has 3 aromatic rings. The predicted molar refractivity (Wildman–Crippen MR) is 147 cm³/mol. The van der Waals surface area contributed by atoms with Crippen molar-refractivity contribution in [2.45, 2.75) is 70.1 Å². The molecule has 36 heavy (non-hydrogen) atoms. The van der Waals surface area contributed by atoms with Gasteiger partial charge in [0.25, 0.3) is 15.9 Å². The van der Waals surface area contributed by atoms with Gasteiger partial charge in [0, 0.05) is 22.8 Å². The minimum absolute atomic E-state index is 0.0456. The maximum absolute atomic E-state index is 12.6. The second-order valence-electron chi connectivity index (χ2n) is 9.99. The van der Waals surface area contributed by atoms with Crippen molar-refractivity contribution >= 4 is 38.1 Å². The number of thiazole rings is 1. The summed E-state index contributed by atoms with van der Waals surface area (Å²) in [5.74, 6) is 0.368.